The fourth-order valence-corrected chi connectivity index (χ4v) is 2.79. The highest BCUT2D eigenvalue weighted by Crippen LogP contribution is 2.27. The molecule has 1 aromatic carbocycles. The molecule has 1 fully saturated rings. The number of piperidine rings is 1. The van der Waals surface area contributed by atoms with Gasteiger partial charge in [0.15, 0.2) is 0 Å². The Labute approximate surface area is 116 Å². The van der Waals surface area contributed by atoms with Gasteiger partial charge in [0.2, 0.25) is 0 Å². The first-order chi connectivity index (χ1) is 9.22. The molecule has 1 unspecified atom stereocenters. The van der Waals surface area contributed by atoms with Crippen molar-refractivity contribution in [3.63, 3.8) is 0 Å². The van der Waals surface area contributed by atoms with E-state index in [1.54, 1.807) is 7.11 Å². The maximum Gasteiger partial charge on any atom is 0.122 e. The van der Waals surface area contributed by atoms with E-state index >= 15 is 0 Å². The average molecular weight is 262 g/mol. The molecule has 3 heteroatoms. The van der Waals surface area contributed by atoms with Gasteiger partial charge in [-0.25, -0.2) is 0 Å². The van der Waals surface area contributed by atoms with Gasteiger partial charge in [0.05, 0.1) is 7.11 Å². The third-order valence-corrected chi connectivity index (χ3v) is 4.22. The van der Waals surface area contributed by atoms with Crippen LogP contribution in [-0.4, -0.2) is 26.7 Å². The molecule has 0 spiro atoms. The molecule has 1 aliphatic rings. The van der Waals surface area contributed by atoms with Gasteiger partial charge in [0, 0.05) is 12.2 Å². The zero-order valence-corrected chi connectivity index (χ0v) is 12.4. The molecule has 106 valence electrons. The normalized spacial score (nSPS) is 19.2. The minimum Gasteiger partial charge on any atom is -0.496 e. The summed E-state index contributed by atoms with van der Waals surface area (Å²) in [5.41, 5.74) is 3.76. The van der Waals surface area contributed by atoms with Gasteiger partial charge in [-0.05, 0) is 75.4 Å². The number of benzene rings is 1. The minimum atomic E-state index is 0.834. The van der Waals surface area contributed by atoms with Crippen LogP contribution in [-0.2, 0) is 0 Å². The van der Waals surface area contributed by atoms with Crippen LogP contribution in [0.2, 0.25) is 0 Å². The Balaban J connectivity index is 1.87. The smallest absolute Gasteiger partial charge is 0.122 e. The van der Waals surface area contributed by atoms with E-state index in [-0.39, 0.29) is 0 Å². The molecule has 19 heavy (non-hydrogen) atoms. The van der Waals surface area contributed by atoms with E-state index in [9.17, 15) is 0 Å². The second kappa shape index (κ2) is 6.80. The largest absolute Gasteiger partial charge is 0.496 e. The number of nitrogens with one attached hydrogen (secondary N) is 2. The van der Waals surface area contributed by atoms with E-state index in [2.05, 4.69) is 30.5 Å². The Morgan fingerprint density at radius 3 is 2.84 bits per heavy atom. The van der Waals surface area contributed by atoms with E-state index in [4.69, 9.17) is 4.74 Å². The molecule has 1 atom stereocenters. The van der Waals surface area contributed by atoms with Gasteiger partial charge < -0.3 is 15.4 Å². The van der Waals surface area contributed by atoms with Crippen molar-refractivity contribution in [2.45, 2.75) is 33.1 Å². The molecule has 1 aromatic rings. The fraction of sp³-hybridized carbons (Fsp3) is 0.625. The topological polar surface area (TPSA) is 33.3 Å². The summed E-state index contributed by atoms with van der Waals surface area (Å²) < 4.78 is 5.34. The summed E-state index contributed by atoms with van der Waals surface area (Å²) in [6.07, 6.45) is 3.94. The van der Waals surface area contributed by atoms with Crippen molar-refractivity contribution in [3.05, 3.63) is 23.3 Å². The summed E-state index contributed by atoms with van der Waals surface area (Å²) in [6.45, 7) is 7.70. The Bertz CT molecular complexity index is 411. The first-order valence-electron chi connectivity index (χ1n) is 7.31. The van der Waals surface area contributed by atoms with Gasteiger partial charge in [-0.15, -0.1) is 0 Å². The molecular formula is C16H26N2O. The van der Waals surface area contributed by atoms with Crippen molar-refractivity contribution in [2.75, 3.05) is 32.1 Å². The molecule has 1 saturated heterocycles. The van der Waals surface area contributed by atoms with Crippen LogP contribution < -0.4 is 15.4 Å². The molecular weight excluding hydrogens is 236 g/mol. The van der Waals surface area contributed by atoms with E-state index in [1.807, 2.05) is 6.07 Å². The number of rotatable bonds is 5. The minimum absolute atomic E-state index is 0.834. The second-order valence-corrected chi connectivity index (χ2v) is 5.49. The van der Waals surface area contributed by atoms with Crippen molar-refractivity contribution in [1.29, 1.82) is 0 Å². The molecule has 0 bridgehead atoms. The average Bonchev–Trinajstić information content (AvgIpc) is 2.45. The summed E-state index contributed by atoms with van der Waals surface area (Å²) >= 11 is 0. The maximum absolute atomic E-state index is 5.34. The van der Waals surface area contributed by atoms with Gasteiger partial charge in [0.25, 0.3) is 0 Å². The van der Waals surface area contributed by atoms with Gasteiger partial charge in [-0.1, -0.05) is 0 Å². The Morgan fingerprint density at radius 2 is 2.16 bits per heavy atom. The SMILES string of the molecule is COc1ccc(NCCC2CCCNC2)c(C)c1C. The fourth-order valence-electron chi connectivity index (χ4n) is 2.79. The number of hydrogen-bond donors (Lipinski definition) is 2. The van der Waals surface area contributed by atoms with Gasteiger partial charge in [-0.3, -0.25) is 0 Å². The zero-order valence-electron chi connectivity index (χ0n) is 12.4. The van der Waals surface area contributed by atoms with E-state index in [0.717, 1.165) is 18.2 Å². The maximum atomic E-state index is 5.34. The lowest BCUT2D eigenvalue weighted by atomic mass is 9.96. The number of hydrogen-bond acceptors (Lipinski definition) is 3. The van der Waals surface area contributed by atoms with Crippen LogP contribution in [0.4, 0.5) is 5.69 Å². The summed E-state index contributed by atoms with van der Waals surface area (Å²) in [4.78, 5) is 0. The Morgan fingerprint density at radius 1 is 1.32 bits per heavy atom. The summed E-state index contributed by atoms with van der Waals surface area (Å²) in [5.74, 6) is 1.81. The van der Waals surface area contributed by atoms with Crippen LogP contribution in [0.25, 0.3) is 0 Å². The summed E-state index contributed by atoms with van der Waals surface area (Å²) in [5, 5.41) is 7.04. The highest BCUT2D eigenvalue weighted by molar-refractivity contribution is 5.58. The molecule has 2 N–H and O–H groups in total. The lowest BCUT2D eigenvalue weighted by Crippen LogP contribution is -2.30. The molecule has 0 saturated carbocycles. The van der Waals surface area contributed by atoms with E-state index in [0.29, 0.717) is 0 Å². The van der Waals surface area contributed by atoms with Crippen LogP contribution in [0.3, 0.4) is 0 Å². The summed E-state index contributed by atoms with van der Waals surface area (Å²) in [7, 11) is 1.73. The monoisotopic (exact) mass is 262 g/mol. The van der Waals surface area contributed by atoms with Crippen LogP contribution in [0.5, 0.6) is 5.75 Å². The molecule has 0 aliphatic carbocycles. The molecule has 3 nitrogen and oxygen atoms in total. The zero-order chi connectivity index (χ0) is 13.7. The molecule has 0 aromatic heterocycles. The van der Waals surface area contributed by atoms with Gasteiger partial charge in [0.1, 0.15) is 5.75 Å². The summed E-state index contributed by atoms with van der Waals surface area (Å²) in [6, 6.07) is 4.17. The third kappa shape index (κ3) is 3.63. The van der Waals surface area contributed by atoms with Crippen molar-refractivity contribution >= 4 is 5.69 Å². The van der Waals surface area contributed by atoms with Crippen LogP contribution in [0.15, 0.2) is 12.1 Å². The van der Waals surface area contributed by atoms with Gasteiger partial charge >= 0.3 is 0 Å². The first-order valence-corrected chi connectivity index (χ1v) is 7.31. The number of methoxy groups -OCH3 is 1. The first kappa shape index (κ1) is 14.2. The molecule has 0 amide bonds. The number of anilines is 1. The molecule has 0 radical (unpaired) electrons. The predicted octanol–water partition coefficient (Wildman–Crippen LogP) is 3.11. The molecule has 2 rings (SSSR count). The lowest BCUT2D eigenvalue weighted by Gasteiger charge is -2.23. The highest BCUT2D eigenvalue weighted by Gasteiger charge is 2.12. The quantitative estimate of drug-likeness (QED) is 0.855. The van der Waals surface area contributed by atoms with Crippen molar-refractivity contribution < 1.29 is 4.74 Å². The van der Waals surface area contributed by atoms with Gasteiger partial charge in [-0.2, -0.15) is 0 Å². The van der Waals surface area contributed by atoms with Crippen molar-refractivity contribution in [3.8, 4) is 5.75 Å². The predicted molar refractivity (Wildman–Crippen MR) is 81.2 cm³/mol. The van der Waals surface area contributed by atoms with E-state index < -0.39 is 0 Å². The second-order valence-electron chi connectivity index (χ2n) is 5.49. The number of ether oxygens (including phenoxy) is 1. The standard InChI is InChI=1S/C16H26N2O/c1-12-13(2)16(19-3)7-6-15(12)18-10-8-14-5-4-9-17-11-14/h6-7,14,17-18H,4-5,8-11H2,1-3H3. The van der Waals surface area contributed by atoms with Crippen molar-refractivity contribution in [2.24, 2.45) is 5.92 Å². The van der Waals surface area contributed by atoms with Crippen LogP contribution in [0, 0.1) is 19.8 Å². The Hall–Kier alpha value is -1.22. The lowest BCUT2D eigenvalue weighted by molar-refractivity contribution is 0.364. The highest BCUT2D eigenvalue weighted by atomic mass is 16.5. The third-order valence-electron chi connectivity index (χ3n) is 4.22. The Kier molecular flexibility index (Phi) is 5.08. The van der Waals surface area contributed by atoms with Crippen LogP contribution in [0.1, 0.15) is 30.4 Å². The van der Waals surface area contributed by atoms with Crippen molar-refractivity contribution in [1.82, 2.24) is 5.32 Å². The van der Waals surface area contributed by atoms with E-state index in [1.165, 1.54) is 49.2 Å². The molecule has 1 heterocycles. The van der Waals surface area contributed by atoms with Crippen LogP contribution >= 0.6 is 0 Å². The molecule has 1 aliphatic heterocycles.